The van der Waals surface area contributed by atoms with Crippen molar-refractivity contribution < 1.29 is 14.8 Å². The predicted molar refractivity (Wildman–Crippen MR) is 67.6 cm³/mol. The molecule has 8 heteroatoms. The molecule has 2 heterocycles. The normalized spacial score (nSPS) is 19.9. The lowest BCUT2D eigenvalue weighted by atomic mass is 10.2. The highest BCUT2D eigenvalue weighted by Gasteiger charge is 2.27. The van der Waals surface area contributed by atoms with Crippen LogP contribution in [0.2, 0.25) is 0 Å². The first-order valence-electron chi connectivity index (χ1n) is 5.39. The van der Waals surface area contributed by atoms with Crippen molar-refractivity contribution >= 4 is 27.4 Å². The van der Waals surface area contributed by atoms with E-state index in [0.717, 1.165) is 0 Å². The molecule has 2 rings (SSSR count). The number of ether oxygens (including phenoxy) is 1. The van der Waals surface area contributed by atoms with E-state index in [2.05, 4.69) is 20.9 Å². The largest absolute Gasteiger partial charge is 0.394 e. The standard InChI is InChI=1S/C10H12BrN3O4/c11-7-3-9(14(16)17)10(12-4-7)13-1-2-18-8(5-13)6-15/h3-4,8,15H,1-2,5-6H2. The van der Waals surface area contributed by atoms with E-state index in [9.17, 15) is 10.1 Å². The zero-order valence-electron chi connectivity index (χ0n) is 9.45. The Labute approximate surface area is 112 Å². The van der Waals surface area contributed by atoms with Crippen LogP contribution in [0.5, 0.6) is 0 Å². The van der Waals surface area contributed by atoms with E-state index in [1.165, 1.54) is 12.3 Å². The fourth-order valence-corrected chi connectivity index (χ4v) is 2.14. The van der Waals surface area contributed by atoms with Crippen molar-refractivity contribution in [3.05, 3.63) is 26.9 Å². The number of halogens is 1. The first-order valence-corrected chi connectivity index (χ1v) is 6.18. The Kier molecular flexibility index (Phi) is 4.10. The van der Waals surface area contributed by atoms with Gasteiger partial charge in [0.25, 0.3) is 0 Å². The number of pyridine rings is 1. The van der Waals surface area contributed by atoms with Gasteiger partial charge in [0, 0.05) is 29.8 Å². The highest BCUT2D eigenvalue weighted by Crippen LogP contribution is 2.29. The van der Waals surface area contributed by atoms with Crippen molar-refractivity contribution in [2.45, 2.75) is 6.10 Å². The first-order chi connectivity index (χ1) is 8.61. The number of aromatic nitrogens is 1. The SMILES string of the molecule is O=[N+]([O-])c1cc(Br)cnc1N1CCOC(CO)C1. The van der Waals surface area contributed by atoms with E-state index < -0.39 is 4.92 Å². The van der Waals surface area contributed by atoms with Gasteiger partial charge in [-0.1, -0.05) is 0 Å². The van der Waals surface area contributed by atoms with Gasteiger partial charge in [-0.15, -0.1) is 0 Å². The molecule has 18 heavy (non-hydrogen) atoms. The number of rotatable bonds is 3. The fourth-order valence-electron chi connectivity index (χ4n) is 1.82. The molecule has 1 fully saturated rings. The molecule has 1 aliphatic rings. The monoisotopic (exact) mass is 317 g/mol. The summed E-state index contributed by atoms with van der Waals surface area (Å²) in [4.78, 5) is 16.4. The number of morpholine rings is 1. The Hall–Kier alpha value is -1.25. The first kappa shape index (κ1) is 13.2. The molecule has 0 radical (unpaired) electrons. The van der Waals surface area contributed by atoms with Gasteiger partial charge in [-0.05, 0) is 15.9 Å². The van der Waals surface area contributed by atoms with Crippen LogP contribution < -0.4 is 4.90 Å². The number of hydrogen-bond donors (Lipinski definition) is 1. The number of aliphatic hydroxyl groups excluding tert-OH is 1. The molecule has 1 N–H and O–H groups in total. The average Bonchev–Trinajstić information content (AvgIpc) is 2.38. The van der Waals surface area contributed by atoms with Crippen molar-refractivity contribution in [2.75, 3.05) is 31.2 Å². The zero-order chi connectivity index (χ0) is 13.1. The molecule has 1 aromatic heterocycles. The number of hydrogen-bond acceptors (Lipinski definition) is 6. The van der Waals surface area contributed by atoms with E-state index in [0.29, 0.717) is 30.0 Å². The van der Waals surface area contributed by atoms with Gasteiger partial charge in [0.15, 0.2) is 0 Å². The average molecular weight is 318 g/mol. The second-order valence-corrected chi connectivity index (χ2v) is 4.79. The van der Waals surface area contributed by atoms with Crippen LogP contribution >= 0.6 is 15.9 Å². The minimum Gasteiger partial charge on any atom is -0.394 e. The lowest BCUT2D eigenvalue weighted by Crippen LogP contribution is -2.44. The molecule has 1 atom stereocenters. The predicted octanol–water partition coefficient (Wildman–Crippen LogP) is 0.950. The van der Waals surface area contributed by atoms with Gasteiger partial charge in [0.2, 0.25) is 5.82 Å². The Balaban J connectivity index is 2.29. The third kappa shape index (κ3) is 2.77. The van der Waals surface area contributed by atoms with Crippen LogP contribution in [-0.4, -0.2) is 47.4 Å². The lowest BCUT2D eigenvalue weighted by molar-refractivity contribution is -0.384. The van der Waals surface area contributed by atoms with E-state index in [1.807, 2.05) is 0 Å². The van der Waals surface area contributed by atoms with Gasteiger partial charge in [0.1, 0.15) is 0 Å². The van der Waals surface area contributed by atoms with E-state index in [-0.39, 0.29) is 18.4 Å². The molecule has 1 unspecified atom stereocenters. The lowest BCUT2D eigenvalue weighted by Gasteiger charge is -2.32. The van der Waals surface area contributed by atoms with Crippen molar-refractivity contribution in [3.8, 4) is 0 Å². The molecule has 98 valence electrons. The summed E-state index contributed by atoms with van der Waals surface area (Å²) in [5, 5.41) is 20.1. The topological polar surface area (TPSA) is 88.7 Å². The van der Waals surface area contributed by atoms with Crippen molar-refractivity contribution in [1.29, 1.82) is 0 Å². The van der Waals surface area contributed by atoms with Gasteiger partial charge in [-0.3, -0.25) is 10.1 Å². The van der Waals surface area contributed by atoms with Crippen LogP contribution in [0.25, 0.3) is 0 Å². The Bertz CT molecular complexity index is 457. The number of nitrogens with zero attached hydrogens (tertiary/aromatic N) is 3. The van der Waals surface area contributed by atoms with Crippen LogP contribution in [0.3, 0.4) is 0 Å². The van der Waals surface area contributed by atoms with E-state index in [4.69, 9.17) is 9.84 Å². The summed E-state index contributed by atoms with van der Waals surface area (Å²) in [7, 11) is 0. The third-order valence-corrected chi connectivity index (χ3v) is 3.09. The summed E-state index contributed by atoms with van der Waals surface area (Å²) in [6, 6.07) is 1.42. The van der Waals surface area contributed by atoms with Gasteiger partial charge in [-0.2, -0.15) is 0 Å². The van der Waals surface area contributed by atoms with Crippen molar-refractivity contribution in [1.82, 2.24) is 4.98 Å². The Morgan fingerprint density at radius 3 is 3.17 bits per heavy atom. The maximum atomic E-state index is 11.0. The highest BCUT2D eigenvalue weighted by molar-refractivity contribution is 9.10. The molecule has 0 bridgehead atoms. The van der Waals surface area contributed by atoms with Crippen molar-refractivity contribution in [2.24, 2.45) is 0 Å². The molecule has 1 saturated heterocycles. The minimum atomic E-state index is -0.462. The molecule has 7 nitrogen and oxygen atoms in total. The van der Waals surface area contributed by atoms with Crippen LogP contribution in [-0.2, 0) is 4.74 Å². The molecule has 0 aromatic carbocycles. The zero-order valence-corrected chi connectivity index (χ0v) is 11.0. The molecule has 0 saturated carbocycles. The molecule has 0 aliphatic carbocycles. The van der Waals surface area contributed by atoms with E-state index >= 15 is 0 Å². The summed E-state index contributed by atoms with van der Waals surface area (Å²) in [6.07, 6.45) is 1.19. The fraction of sp³-hybridized carbons (Fsp3) is 0.500. The summed E-state index contributed by atoms with van der Waals surface area (Å²) in [6.45, 7) is 1.22. The number of nitro groups is 1. The summed E-state index contributed by atoms with van der Waals surface area (Å²) < 4.78 is 5.86. The molecule has 1 aliphatic heterocycles. The van der Waals surface area contributed by atoms with Crippen LogP contribution in [0, 0.1) is 10.1 Å². The molecule has 1 aromatic rings. The second-order valence-electron chi connectivity index (χ2n) is 3.87. The van der Waals surface area contributed by atoms with Gasteiger partial charge in [0.05, 0.1) is 24.2 Å². The van der Waals surface area contributed by atoms with Crippen LogP contribution in [0.4, 0.5) is 11.5 Å². The quantitative estimate of drug-likeness (QED) is 0.659. The summed E-state index contributed by atoms with van der Waals surface area (Å²) in [5.74, 6) is 0.310. The molecule has 0 spiro atoms. The highest BCUT2D eigenvalue weighted by atomic mass is 79.9. The van der Waals surface area contributed by atoms with Gasteiger partial charge < -0.3 is 14.7 Å². The molecular weight excluding hydrogens is 306 g/mol. The van der Waals surface area contributed by atoms with Gasteiger partial charge in [-0.25, -0.2) is 4.98 Å². The van der Waals surface area contributed by atoms with Crippen molar-refractivity contribution in [3.63, 3.8) is 0 Å². The Morgan fingerprint density at radius 2 is 2.50 bits per heavy atom. The molecular formula is C10H12BrN3O4. The smallest absolute Gasteiger partial charge is 0.312 e. The van der Waals surface area contributed by atoms with Crippen LogP contribution in [0.1, 0.15) is 0 Å². The third-order valence-electron chi connectivity index (χ3n) is 2.65. The minimum absolute atomic E-state index is 0.0528. The maximum Gasteiger partial charge on any atom is 0.312 e. The molecule has 0 amide bonds. The summed E-state index contributed by atoms with van der Waals surface area (Å²) >= 11 is 3.16. The maximum absolute atomic E-state index is 11.0. The van der Waals surface area contributed by atoms with E-state index in [1.54, 1.807) is 4.90 Å². The summed E-state index contributed by atoms with van der Waals surface area (Å²) in [5.41, 5.74) is -0.0528. The number of anilines is 1. The number of aliphatic hydroxyl groups is 1. The van der Waals surface area contributed by atoms with Gasteiger partial charge >= 0.3 is 5.69 Å². The van der Waals surface area contributed by atoms with Crippen LogP contribution in [0.15, 0.2) is 16.7 Å². The Morgan fingerprint density at radius 1 is 1.72 bits per heavy atom. The second kappa shape index (κ2) is 5.59.